The molecule has 326 valence electrons. The number of cyclic esters (lactones) is 1. The van der Waals surface area contributed by atoms with Gasteiger partial charge in [-0.1, -0.05) is 100 Å². The average molecular weight is 820 g/mol. The third-order valence-electron chi connectivity index (χ3n) is 10.8. The van der Waals surface area contributed by atoms with Crippen LogP contribution in [0.5, 0.6) is 28.7 Å². The molecular formula is C47H69N3O9. The van der Waals surface area contributed by atoms with Crippen LogP contribution in [0.2, 0.25) is 0 Å². The van der Waals surface area contributed by atoms with Crippen LogP contribution < -0.4 is 23.7 Å². The molecule has 4 rings (SSSR count). The summed E-state index contributed by atoms with van der Waals surface area (Å²) in [5.41, 5.74) is 2.97. The normalized spacial score (nSPS) is 14.9. The van der Waals surface area contributed by atoms with Crippen molar-refractivity contribution in [2.24, 2.45) is 0 Å². The molecule has 1 aromatic heterocycles. The van der Waals surface area contributed by atoms with E-state index in [0.717, 1.165) is 54.0 Å². The van der Waals surface area contributed by atoms with E-state index in [2.05, 4.69) is 10.3 Å². The summed E-state index contributed by atoms with van der Waals surface area (Å²) in [5.74, 6) is 2.94. The Morgan fingerprint density at radius 2 is 1.39 bits per heavy atom. The molecule has 12 heteroatoms. The van der Waals surface area contributed by atoms with Gasteiger partial charge >= 0.3 is 5.97 Å². The molecule has 1 aliphatic rings. The van der Waals surface area contributed by atoms with Crippen molar-refractivity contribution in [2.75, 3.05) is 42.2 Å². The molecule has 0 bridgehead atoms. The highest BCUT2D eigenvalue weighted by Crippen LogP contribution is 2.39. The van der Waals surface area contributed by atoms with Crippen molar-refractivity contribution >= 4 is 18.1 Å². The fraction of sp³-hybridized carbons (Fsp3) is 0.596. The number of aryl methyl sites for hydroxylation is 2. The zero-order chi connectivity index (χ0) is 42.1. The molecule has 0 spiro atoms. The monoisotopic (exact) mass is 820 g/mol. The number of methoxy groups -OCH3 is 5. The number of ether oxygens (including phenoxy) is 7. The number of rotatable bonds is 31. The summed E-state index contributed by atoms with van der Waals surface area (Å²) < 4.78 is 40.9. The molecule has 1 N–H and O–H groups in total. The first-order valence-corrected chi connectivity index (χ1v) is 21.6. The van der Waals surface area contributed by atoms with Crippen molar-refractivity contribution in [3.05, 3.63) is 65.5 Å². The first kappa shape index (κ1) is 47.1. The maximum Gasteiger partial charge on any atom is 0.330 e. The molecule has 12 nitrogen and oxygen atoms in total. The smallest absolute Gasteiger partial charge is 0.330 e. The molecule has 59 heavy (non-hydrogen) atoms. The second-order valence-corrected chi connectivity index (χ2v) is 15.3. The molecule has 0 radical (unpaired) electrons. The molecular weight excluding hydrogens is 751 g/mol. The van der Waals surface area contributed by atoms with Crippen LogP contribution in [-0.2, 0) is 27.2 Å². The zero-order valence-electron chi connectivity index (χ0n) is 36.2. The first-order chi connectivity index (χ1) is 28.8. The van der Waals surface area contributed by atoms with Gasteiger partial charge in [0.2, 0.25) is 5.75 Å². The average Bonchev–Trinajstić information content (AvgIpc) is 3.71. The lowest BCUT2D eigenvalue weighted by molar-refractivity contribution is -0.145. The predicted octanol–water partition coefficient (Wildman–Crippen LogP) is 9.59. The maximum absolute atomic E-state index is 11.4. The highest BCUT2D eigenvalue weighted by Gasteiger charge is 2.22. The van der Waals surface area contributed by atoms with Gasteiger partial charge in [-0.15, -0.1) is 5.10 Å². The van der Waals surface area contributed by atoms with Crippen LogP contribution >= 0.6 is 0 Å². The molecule has 0 fully saturated rings. The lowest BCUT2D eigenvalue weighted by Crippen LogP contribution is -2.28. The van der Waals surface area contributed by atoms with E-state index in [-0.39, 0.29) is 18.2 Å². The summed E-state index contributed by atoms with van der Waals surface area (Å²) >= 11 is 0. The van der Waals surface area contributed by atoms with E-state index in [1.54, 1.807) is 41.6 Å². The number of aliphatic hydroxyl groups excluding tert-OH is 1. The van der Waals surface area contributed by atoms with Gasteiger partial charge in [-0.3, -0.25) is 4.68 Å². The Bertz CT molecular complexity index is 1680. The minimum atomic E-state index is -0.591. The number of nitrogens with zero attached hydrogens (tertiary/aromatic N) is 3. The SMILES string of the molecule is COc1ccc(/C=C\c2cc(OC)c(OC)c(OC)c2)cc1OCCCCCCCCCCCCCCCc1cn(CC[C@H](C[C@H](O)C[C@@H]2CC=CC(=O)O2)OC)nn1. The van der Waals surface area contributed by atoms with E-state index in [0.29, 0.717) is 49.7 Å². The van der Waals surface area contributed by atoms with Gasteiger partial charge in [-0.25, -0.2) is 4.79 Å². The van der Waals surface area contributed by atoms with Crippen LogP contribution in [0.4, 0.5) is 0 Å². The molecule has 0 aliphatic carbocycles. The number of aliphatic hydroxyl groups is 1. The highest BCUT2D eigenvalue weighted by atomic mass is 16.5. The van der Waals surface area contributed by atoms with Crippen LogP contribution in [-0.4, -0.2) is 86.5 Å². The minimum absolute atomic E-state index is 0.106. The molecule has 3 aromatic rings. The van der Waals surface area contributed by atoms with Gasteiger partial charge in [-0.05, 0) is 67.5 Å². The van der Waals surface area contributed by atoms with Gasteiger partial charge in [0.25, 0.3) is 0 Å². The van der Waals surface area contributed by atoms with Crippen molar-refractivity contribution in [3.63, 3.8) is 0 Å². The molecule has 2 heterocycles. The van der Waals surface area contributed by atoms with Gasteiger partial charge in [0, 0.05) is 38.8 Å². The Kier molecular flexibility index (Phi) is 21.8. The number of carbonyl (C=O) groups excluding carboxylic acids is 1. The number of unbranched alkanes of at least 4 members (excludes halogenated alkanes) is 12. The van der Waals surface area contributed by atoms with E-state index in [1.165, 1.54) is 76.7 Å². The van der Waals surface area contributed by atoms with Gasteiger partial charge in [0.15, 0.2) is 23.0 Å². The number of hydrogen-bond acceptors (Lipinski definition) is 11. The van der Waals surface area contributed by atoms with Crippen molar-refractivity contribution < 1.29 is 43.1 Å². The summed E-state index contributed by atoms with van der Waals surface area (Å²) in [5, 5.41) is 19.2. The number of benzene rings is 2. The van der Waals surface area contributed by atoms with Gasteiger partial charge in [0.05, 0.1) is 52.9 Å². The van der Waals surface area contributed by atoms with Crippen LogP contribution in [0.1, 0.15) is 126 Å². The van der Waals surface area contributed by atoms with Gasteiger partial charge in [-0.2, -0.15) is 0 Å². The summed E-state index contributed by atoms with van der Waals surface area (Å²) in [6.07, 6.45) is 27.8. The van der Waals surface area contributed by atoms with Crippen molar-refractivity contribution in [3.8, 4) is 28.7 Å². The van der Waals surface area contributed by atoms with Crippen LogP contribution in [0.15, 0.2) is 48.7 Å². The number of carbonyl (C=O) groups is 1. The largest absolute Gasteiger partial charge is 0.493 e. The third kappa shape index (κ3) is 17.3. The molecule has 0 amide bonds. The lowest BCUT2D eigenvalue weighted by Gasteiger charge is -2.24. The van der Waals surface area contributed by atoms with E-state index in [9.17, 15) is 9.90 Å². The summed E-state index contributed by atoms with van der Waals surface area (Å²) in [7, 11) is 8.16. The fourth-order valence-corrected chi connectivity index (χ4v) is 7.42. The Labute approximate surface area is 352 Å². The topological polar surface area (TPSA) is 133 Å². The summed E-state index contributed by atoms with van der Waals surface area (Å²) in [6, 6.07) is 9.80. The lowest BCUT2D eigenvalue weighted by atomic mass is 10.0. The quantitative estimate of drug-likeness (QED) is 0.0378. The van der Waals surface area contributed by atoms with E-state index in [1.807, 2.05) is 53.4 Å². The molecule has 0 saturated carbocycles. The van der Waals surface area contributed by atoms with E-state index in [4.69, 9.17) is 33.2 Å². The van der Waals surface area contributed by atoms with Crippen molar-refractivity contribution in [1.29, 1.82) is 0 Å². The maximum atomic E-state index is 11.4. The zero-order valence-corrected chi connectivity index (χ0v) is 36.2. The third-order valence-corrected chi connectivity index (χ3v) is 10.8. The van der Waals surface area contributed by atoms with Gasteiger partial charge in [0.1, 0.15) is 6.10 Å². The van der Waals surface area contributed by atoms with Gasteiger partial charge < -0.3 is 38.3 Å². The first-order valence-electron chi connectivity index (χ1n) is 21.6. The number of aromatic nitrogens is 3. The number of hydrogen-bond donors (Lipinski definition) is 1. The van der Waals surface area contributed by atoms with E-state index >= 15 is 0 Å². The van der Waals surface area contributed by atoms with E-state index < -0.39 is 6.10 Å². The standard InChI is InChI=1S/C47H69N3O9/c1-53-40(33-39(51)34-41-21-19-22-46(52)59-41)27-28-50-35-38(48-49-50)20-17-15-13-11-9-7-6-8-10-12-14-16-18-29-58-43-30-36(25-26-42(43)54-2)23-24-37-31-44(55-3)47(57-5)45(32-37)56-4/h19,22-26,30-32,35,39-41,51H,6-18,20-21,27-29,33-34H2,1-5H3/b24-23-/t39-,40+,41-/m0/s1. The number of esters is 1. The van der Waals surface area contributed by atoms with Crippen LogP contribution in [0, 0.1) is 0 Å². The summed E-state index contributed by atoms with van der Waals surface area (Å²) in [6.45, 7) is 1.35. The molecule has 2 aromatic carbocycles. The fourth-order valence-electron chi connectivity index (χ4n) is 7.42. The Morgan fingerprint density at radius 3 is 2.00 bits per heavy atom. The Hall–Kier alpha value is -4.55. The highest BCUT2D eigenvalue weighted by molar-refractivity contribution is 5.82. The summed E-state index contributed by atoms with van der Waals surface area (Å²) in [4.78, 5) is 11.4. The van der Waals surface area contributed by atoms with Crippen LogP contribution in [0.3, 0.4) is 0 Å². The minimum Gasteiger partial charge on any atom is -0.493 e. The Morgan fingerprint density at radius 1 is 0.780 bits per heavy atom. The molecule has 0 saturated heterocycles. The second-order valence-electron chi connectivity index (χ2n) is 15.3. The van der Waals surface area contributed by atoms with Crippen LogP contribution in [0.25, 0.3) is 12.2 Å². The predicted molar refractivity (Wildman–Crippen MR) is 232 cm³/mol. The van der Waals surface area contributed by atoms with Crippen molar-refractivity contribution in [2.45, 2.75) is 140 Å². The Balaban J connectivity index is 0.974. The molecule has 0 unspecified atom stereocenters. The second kappa shape index (κ2) is 27.3. The molecule has 1 aliphatic heterocycles. The van der Waals surface area contributed by atoms with Crippen molar-refractivity contribution in [1.82, 2.24) is 15.0 Å². The molecule has 3 atom stereocenters.